The lowest BCUT2D eigenvalue weighted by Crippen LogP contribution is -2.74. The van der Waals surface area contributed by atoms with Crippen molar-refractivity contribution in [1.82, 2.24) is 14.4 Å². The third kappa shape index (κ3) is 4.72. The van der Waals surface area contributed by atoms with Gasteiger partial charge in [-0.1, -0.05) is 159 Å². The molecule has 7 aromatic carbocycles. The lowest BCUT2D eigenvalue weighted by molar-refractivity contribution is 0.620. The van der Waals surface area contributed by atoms with Crippen molar-refractivity contribution >= 4 is 95.3 Å². The fourth-order valence-electron chi connectivity index (χ4n) is 10.1. The van der Waals surface area contributed by atoms with Crippen molar-refractivity contribution in [2.75, 3.05) is 4.90 Å². The second-order valence-corrected chi connectivity index (χ2v) is 20.0. The van der Waals surface area contributed by atoms with Gasteiger partial charge in [0.05, 0.1) is 11.2 Å². The van der Waals surface area contributed by atoms with E-state index in [1.807, 2.05) is 18.5 Å². The van der Waals surface area contributed by atoms with E-state index in [9.17, 15) is 0 Å². The highest BCUT2D eigenvalue weighted by Crippen LogP contribution is 2.54. The first kappa shape index (κ1) is 33.8. The largest absolute Gasteiger partial charge is 0.454 e. The minimum Gasteiger partial charge on any atom is -0.454 e. The Morgan fingerprint density at radius 3 is 2.02 bits per heavy atom. The summed E-state index contributed by atoms with van der Waals surface area (Å²) in [5.74, 6) is 0.918. The van der Waals surface area contributed by atoms with Crippen LogP contribution in [0.4, 0.5) is 17.2 Å². The van der Waals surface area contributed by atoms with Crippen molar-refractivity contribution < 1.29 is 4.42 Å². The number of hydrogen-bond acceptors (Lipinski definition) is 4. The van der Waals surface area contributed by atoms with E-state index in [0.717, 1.165) is 55.7 Å². The minimum atomic E-state index is -3.05. The summed E-state index contributed by atoms with van der Waals surface area (Å²) >= 11 is 0. The summed E-state index contributed by atoms with van der Waals surface area (Å²) in [4.78, 5) is 12.5. The van der Waals surface area contributed by atoms with Gasteiger partial charge in [-0.05, 0) is 62.0 Å². The molecule has 0 saturated carbocycles. The van der Waals surface area contributed by atoms with Gasteiger partial charge in [-0.2, -0.15) is 0 Å². The van der Waals surface area contributed by atoms with Gasteiger partial charge in [0.25, 0.3) is 0 Å². The molecule has 11 aromatic rings. The van der Waals surface area contributed by atoms with Gasteiger partial charge < -0.3 is 4.42 Å². The van der Waals surface area contributed by atoms with Crippen LogP contribution in [0.2, 0.25) is 0 Å². The predicted molar refractivity (Wildman–Crippen MR) is 246 cm³/mol. The molecular formula is C53H38N4OSi. The molecule has 0 fully saturated rings. The number of benzene rings is 7. The van der Waals surface area contributed by atoms with Crippen LogP contribution in [0, 0.1) is 0 Å². The normalized spacial score (nSPS) is 13.7. The molecule has 0 saturated heterocycles. The molecule has 12 rings (SSSR count). The average Bonchev–Trinajstić information content (AvgIpc) is 3.94. The Labute approximate surface area is 342 Å². The summed E-state index contributed by atoms with van der Waals surface area (Å²) in [5, 5.41) is 10.9. The molecule has 4 aromatic heterocycles. The summed E-state index contributed by atoms with van der Waals surface area (Å²) in [6.07, 6.45) is 5.91. The number of rotatable bonds is 5. The molecule has 1 aliphatic rings. The first-order chi connectivity index (χ1) is 29.0. The maximum Gasteiger partial charge on any atom is 0.179 e. The van der Waals surface area contributed by atoms with Crippen LogP contribution < -0.4 is 25.6 Å². The Bertz CT molecular complexity index is 3400. The zero-order chi connectivity index (χ0) is 39.3. The molecule has 0 N–H and O–H groups in total. The number of hydrogen-bond donors (Lipinski definition) is 0. The Morgan fingerprint density at radius 1 is 0.508 bits per heavy atom. The SMILES string of the molecule is CC1(C)c2cccnc2N(c2cccc([Si](c3ccccc3)(c3ccccc3)c3ccc4c5ccccc5n5ccnc5c4c3)c2)c2c1ccc1c2oc2ccccc21. The molecule has 280 valence electrons. The zero-order valence-electron chi connectivity index (χ0n) is 32.7. The first-order valence-corrected chi connectivity index (χ1v) is 22.2. The van der Waals surface area contributed by atoms with Crippen molar-refractivity contribution in [3.8, 4) is 0 Å². The van der Waals surface area contributed by atoms with Crippen molar-refractivity contribution in [3.05, 3.63) is 206 Å². The second kappa shape index (κ2) is 12.6. The number of nitrogens with zero attached hydrogens (tertiary/aromatic N) is 4. The Morgan fingerprint density at radius 2 is 1.20 bits per heavy atom. The van der Waals surface area contributed by atoms with E-state index in [2.05, 4.69) is 199 Å². The summed E-state index contributed by atoms with van der Waals surface area (Å²) in [6.45, 7) is 4.61. The highest BCUT2D eigenvalue weighted by atomic mass is 28.3. The number of imidazole rings is 1. The molecule has 0 radical (unpaired) electrons. The van der Waals surface area contributed by atoms with Crippen molar-refractivity contribution in [3.63, 3.8) is 0 Å². The Hall–Kier alpha value is -7.28. The fraction of sp³-hybridized carbons (Fsp3) is 0.0566. The van der Waals surface area contributed by atoms with Crippen molar-refractivity contribution in [2.45, 2.75) is 19.3 Å². The summed E-state index contributed by atoms with van der Waals surface area (Å²) < 4.78 is 9.08. The number of pyridine rings is 2. The number of fused-ring (bicyclic) bond motifs is 12. The van der Waals surface area contributed by atoms with Gasteiger partial charge in [0.2, 0.25) is 0 Å². The standard InChI is InChI=1S/C53H38N4OSi/c1-53(2)45-29-28-43-42-22-10-12-25-48(42)58-50(43)49(45)57(52-46(53)23-14-30-54-52)35-15-13-20-38(33-35)59(36-16-5-3-6-17-36,37-18-7-4-8-19-37)39-26-27-40-41-21-9-11-24-47(41)56-32-31-55-51(56)44(40)34-39/h3-34H,1-2H3. The lowest BCUT2D eigenvalue weighted by atomic mass is 9.74. The minimum absolute atomic E-state index is 0.319. The van der Waals surface area contributed by atoms with Crippen LogP contribution in [-0.4, -0.2) is 22.4 Å². The van der Waals surface area contributed by atoms with Gasteiger partial charge in [-0.3, -0.25) is 9.30 Å². The average molecular weight is 775 g/mol. The molecule has 59 heavy (non-hydrogen) atoms. The summed E-state index contributed by atoms with van der Waals surface area (Å²) in [6, 6.07) is 64.5. The number of aromatic nitrogens is 3. The molecule has 5 nitrogen and oxygen atoms in total. The molecule has 5 heterocycles. The van der Waals surface area contributed by atoms with Crippen LogP contribution in [-0.2, 0) is 5.41 Å². The van der Waals surface area contributed by atoms with Gasteiger partial charge in [-0.25, -0.2) is 9.97 Å². The molecule has 0 amide bonds. The van der Waals surface area contributed by atoms with Crippen LogP contribution in [0.5, 0.6) is 0 Å². The summed E-state index contributed by atoms with van der Waals surface area (Å²) in [7, 11) is -3.05. The summed E-state index contributed by atoms with van der Waals surface area (Å²) in [5.41, 5.74) is 8.01. The van der Waals surface area contributed by atoms with E-state index >= 15 is 0 Å². The van der Waals surface area contributed by atoms with Crippen LogP contribution in [0.25, 0.3) is 49.3 Å². The van der Waals surface area contributed by atoms with Gasteiger partial charge >= 0.3 is 0 Å². The van der Waals surface area contributed by atoms with E-state index in [1.165, 1.54) is 42.6 Å². The quantitative estimate of drug-likeness (QED) is 0.0993. The number of furan rings is 1. The van der Waals surface area contributed by atoms with Gasteiger partial charge in [0, 0.05) is 56.8 Å². The van der Waals surface area contributed by atoms with Crippen molar-refractivity contribution in [2.24, 2.45) is 0 Å². The highest BCUT2D eigenvalue weighted by Gasteiger charge is 2.44. The molecular weight excluding hydrogens is 737 g/mol. The lowest BCUT2D eigenvalue weighted by Gasteiger charge is -2.41. The monoisotopic (exact) mass is 774 g/mol. The molecule has 0 atom stereocenters. The molecule has 0 aliphatic carbocycles. The molecule has 6 heteroatoms. The van der Waals surface area contributed by atoms with Crippen LogP contribution in [0.1, 0.15) is 25.0 Å². The van der Waals surface area contributed by atoms with Crippen molar-refractivity contribution in [1.29, 1.82) is 0 Å². The van der Waals surface area contributed by atoms with Gasteiger partial charge in [0.15, 0.2) is 13.7 Å². The van der Waals surface area contributed by atoms with E-state index in [0.29, 0.717) is 0 Å². The van der Waals surface area contributed by atoms with Crippen LogP contribution in [0.3, 0.4) is 0 Å². The number of para-hydroxylation sites is 2. The van der Waals surface area contributed by atoms with E-state index in [4.69, 9.17) is 14.4 Å². The maximum atomic E-state index is 6.85. The topological polar surface area (TPSA) is 46.6 Å². The van der Waals surface area contributed by atoms with Crippen LogP contribution in [0.15, 0.2) is 199 Å². The van der Waals surface area contributed by atoms with Gasteiger partial charge in [-0.15, -0.1) is 0 Å². The van der Waals surface area contributed by atoms with E-state index < -0.39 is 8.07 Å². The molecule has 0 spiro atoms. The predicted octanol–water partition coefficient (Wildman–Crippen LogP) is 10.4. The van der Waals surface area contributed by atoms with Crippen LogP contribution >= 0.6 is 0 Å². The zero-order valence-corrected chi connectivity index (χ0v) is 33.7. The smallest absolute Gasteiger partial charge is 0.179 e. The Balaban J connectivity index is 1.18. The number of anilines is 3. The fourth-order valence-corrected chi connectivity index (χ4v) is 14.9. The maximum absolute atomic E-state index is 6.85. The Kier molecular flexibility index (Phi) is 7.23. The molecule has 0 unspecified atom stereocenters. The molecule has 0 bridgehead atoms. The van der Waals surface area contributed by atoms with Gasteiger partial charge in [0.1, 0.15) is 17.0 Å². The second-order valence-electron chi connectivity index (χ2n) is 16.2. The van der Waals surface area contributed by atoms with E-state index in [1.54, 1.807) is 0 Å². The highest BCUT2D eigenvalue weighted by molar-refractivity contribution is 7.20. The van der Waals surface area contributed by atoms with E-state index in [-0.39, 0.29) is 5.41 Å². The molecule has 1 aliphatic heterocycles. The third-order valence-electron chi connectivity index (χ3n) is 12.8. The third-order valence-corrected chi connectivity index (χ3v) is 17.6. The first-order valence-electron chi connectivity index (χ1n) is 20.2.